The summed E-state index contributed by atoms with van der Waals surface area (Å²) in [6.07, 6.45) is -2.69. The van der Waals surface area contributed by atoms with Crippen molar-refractivity contribution in [2.24, 2.45) is 0 Å². The smallest absolute Gasteiger partial charge is 0.406 e. The minimum absolute atomic E-state index is 0.0756. The molecule has 5 nitrogen and oxygen atoms in total. The SMILES string of the molecule is O=C(CCCc1ccccc1)N1CCN(C(=O)c2ccc(OC(F)(F)F)cc2)CC1. The molecule has 0 saturated carbocycles. The number of piperazine rings is 1. The zero-order chi connectivity index (χ0) is 21.6. The van der Waals surface area contributed by atoms with Gasteiger partial charge in [-0.25, -0.2) is 0 Å². The van der Waals surface area contributed by atoms with Gasteiger partial charge in [-0.2, -0.15) is 0 Å². The summed E-state index contributed by atoms with van der Waals surface area (Å²) in [7, 11) is 0. The molecule has 1 fully saturated rings. The van der Waals surface area contributed by atoms with Crippen molar-refractivity contribution in [2.75, 3.05) is 26.2 Å². The number of benzene rings is 2. The van der Waals surface area contributed by atoms with Gasteiger partial charge in [-0.3, -0.25) is 9.59 Å². The summed E-state index contributed by atoms with van der Waals surface area (Å²) in [4.78, 5) is 28.3. The lowest BCUT2D eigenvalue weighted by molar-refractivity contribution is -0.274. The first-order chi connectivity index (χ1) is 14.3. The fourth-order valence-electron chi connectivity index (χ4n) is 3.39. The Morgan fingerprint density at radius 3 is 2.07 bits per heavy atom. The highest BCUT2D eigenvalue weighted by Gasteiger charge is 2.31. The fourth-order valence-corrected chi connectivity index (χ4v) is 3.39. The summed E-state index contributed by atoms with van der Waals surface area (Å²) in [6, 6.07) is 14.8. The summed E-state index contributed by atoms with van der Waals surface area (Å²) in [6.45, 7) is 1.68. The number of halogens is 3. The van der Waals surface area contributed by atoms with Gasteiger partial charge in [0.25, 0.3) is 5.91 Å². The predicted molar refractivity (Wildman–Crippen MR) is 105 cm³/mol. The number of nitrogens with zero attached hydrogens (tertiary/aromatic N) is 2. The van der Waals surface area contributed by atoms with E-state index in [1.807, 2.05) is 30.3 Å². The molecule has 0 radical (unpaired) electrons. The Labute approximate surface area is 173 Å². The maximum atomic E-state index is 12.6. The molecular weight excluding hydrogens is 397 g/mol. The lowest BCUT2D eigenvalue weighted by Crippen LogP contribution is -2.50. The first-order valence-electron chi connectivity index (χ1n) is 9.78. The van der Waals surface area contributed by atoms with Gasteiger partial charge in [-0.05, 0) is 42.7 Å². The molecule has 0 aromatic heterocycles. The van der Waals surface area contributed by atoms with Crippen LogP contribution < -0.4 is 4.74 Å². The number of alkyl halides is 3. The van der Waals surface area contributed by atoms with Crippen molar-refractivity contribution in [3.8, 4) is 5.75 Å². The molecule has 1 heterocycles. The van der Waals surface area contributed by atoms with E-state index in [1.165, 1.54) is 17.7 Å². The van der Waals surface area contributed by atoms with E-state index in [1.54, 1.807) is 9.80 Å². The molecule has 0 aliphatic carbocycles. The van der Waals surface area contributed by atoms with Crippen molar-refractivity contribution in [3.63, 3.8) is 0 Å². The van der Waals surface area contributed by atoms with Crippen molar-refractivity contribution in [1.29, 1.82) is 0 Å². The van der Waals surface area contributed by atoms with Crippen LogP contribution in [0, 0.1) is 0 Å². The van der Waals surface area contributed by atoms with Crippen LogP contribution in [0.3, 0.4) is 0 Å². The lowest BCUT2D eigenvalue weighted by atomic mass is 10.1. The third-order valence-corrected chi connectivity index (χ3v) is 4.95. The standard InChI is InChI=1S/C22H23F3N2O3/c23-22(24,25)30-19-11-9-18(10-12-19)21(29)27-15-13-26(14-16-27)20(28)8-4-7-17-5-2-1-3-6-17/h1-3,5-6,9-12H,4,7-8,13-16H2. The van der Waals surface area contributed by atoms with Crippen molar-refractivity contribution < 1.29 is 27.5 Å². The Balaban J connectivity index is 1.44. The molecule has 0 atom stereocenters. The van der Waals surface area contributed by atoms with E-state index < -0.39 is 6.36 Å². The minimum Gasteiger partial charge on any atom is -0.406 e. The van der Waals surface area contributed by atoms with Crippen LogP contribution in [0.4, 0.5) is 13.2 Å². The molecule has 0 N–H and O–H groups in total. The van der Waals surface area contributed by atoms with Crippen LogP contribution in [0.2, 0.25) is 0 Å². The molecule has 8 heteroatoms. The highest BCUT2D eigenvalue weighted by Crippen LogP contribution is 2.23. The highest BCUT2D eigenvalue weighted by atomic mass is 19.4. The van der Waals surface area contributed by atoms with Crippen LogP contribution in [0.15, 0.2) is 54.6 Å². The zero-order valence-electron chi connectivity index (χ0n) is 16.4. The van der Waals surface area contributed by atoms with Crippen LogP contribution in [-0.4, -0.2) is 54.2 Å². The molecule has 2 amide bonds. The van der Waals surface area contributed by atoms with Crippen molar-refractivity contribution in [1.82, 2.24) is 9.80 Å². The minimum atomic E-state index is -4.77. The van der Waals surface area contributed by atoms with Gasteiger partial charge in [0.2, 0.25) is 5.91 Å². The molecule has 1 saturated heterocycles. The normalized spacial score (nSPS) is 14.5. The zero-order valence-corrected chi connectivity index (χ0v) is 16.4. The second-order valence-electron chi connectivity index (χ2n) is 7.08. The summed E-state index contributed by atoms with van der Waals surface area (Å²) in [5.41, 5.74) is 1.49. The van der Waals surface area contributed by atoms with E-state index in [0.29, 0.717) is 32.6 Å². The van der Waals surface area contributed by atoms with Crippen LogP contribution in [0.1, 0.15) is 28.8 Å². The second-order valence-corrected chi connectivity index (χ2v) is 7.08. The largest absolute Gasteiger partial charge is 0.573 e. The Kier molecular flexibility index (Phi) is 6.97. The molecule has 1 aliphatic rings. The molecule has 1 aliphatic heterocycles. The first-order valence-corrected chi connectivity index (χ1v) is 9.78. The summed E-state index contributed by atoms with van der Waals surface area (Å²) >= 11 is 0. The van der Waals surface area contributed by atoms with Crippen molar-refractivity contribution in [3.05, 3.63) is 65.7 Å². The summed E-state index contributed by atoms with van der Waals surface area (Å²) in [5.74, 6) is -0.568. The van der Waals surface area contributed by atoms with E-state index in [2.05, 4.69) is 4.74 Å². The van der Waals surface area contributed by atoms with Gasteiger partial charge in [0.15, 0.2) is 0 Å². The topological polar surface area (TPSA) is 49.9 Å². The van der Waals surface area contributed by atoms with E-state index in [0.717, 1.165) is 25.0 Å². The molecule has 0 bridgehead atoms. The monoisotopic (exact) mass is 420 g/mol. The third-order valence-electron chi connectivity index (χ3n) is 4.95. The number of rotatable bonds is 6. The number of carbonyl (C=O) groups excluding carboxylic acids is 2. The van der Waals surface area contributed by atoms with Gasteiger partial charge in [0, 0.05) is 38.2 Å². The van der Waals surface area contributed by atoms with E-state index in [4.69, 9.17) is 0 Å². The third kappa shape index (κ3) is 6.23. The van der Waals surface area contributed by atoms with Crippen molar-refractivity contribution >= 4 is 11.8 Å². The fraction of sp³-hybridized carbons (Fsp3) is 0.364. The van der Waals surface area contributed by atoms with E-state index in [9.17, 15) is 22.8 Å². The quantitative estimate of drug-likeness (QED) is 0.713. The number of carbonyl (C=O) groups is 2. The van der Waals surface area contributed by atoms with Gasteiger partial charge >= 0.3 is 6.36 Å². The van der Waals surface area contributed by atoms with E-state index in [-0.39, 0.29) is 23.1 Å². The molecule has 0 spiro atoms. The van der Waals surface area contributed by atoms with E-state index >= 15 is 0 Å². The number of ether oxygens (including phenoxy) is 1. The van der Waals surface area contributed by atoms with Crippen LogP contribution in [0.25, 0.3) is 0 Å². The Morgan fingerprint density at radius 2 is 1.47 bits per heavy atom. The maximum absolute atomic E-state index is 12.6. The Hall–Kier alpha value is -3.03. The number of amides is 2. The van der Waals surface area contributed by atoms with Gasteiger partial charge in [-0.1, -0.05) is 30.3 Å². The predicted octanol–water partition coefficient (Wildman–Crippen LogP) is 3.89. The van der Waals surface area contributed by atoms with Gasteiger partial charge in [-0.15, -0.1) is 13.2 Å². The summed E-state index contributed by atoms with van der Waals surface area (Å²) < 4.78 is 40.5. The van der Waals surface area contributed by atoms with Crippen molar-refractivity contribution in [2.45, 2.75) is 25.6 Å². The van der Waals surface area contributed by atoms with Crippen LogP contribution in [-0.2, 0) is 11.2 Å². The Morgan fingerprint density at radius 1 is 0.867 bits per heavy atom. The lowest BCUT2D eigenvalue weighted by Gasteiger charge is -2.35. The van der Waals surface area contributed by atoms with Gasteiger partial charge in [0.1, 0.15) is 5.75 Å². The highest BCUT2D eigenvalue weighted by molar-refractivity contribution is 5.94. The van der Waals surface area contributed by atoms with Gasteiger partial charge < -0.3 is 14.5 Å². The average Bonchev–Trinajstić information content (AvgIpc) is 2.73. The molecule has 0 unspecified atom stereocenters. The second kappa shape index (κ2) is 9.65. The average molecular weight is 420 g/mol. The molecule has 2 aromatic carbocycles. The molecular formula is C22H23F3N2O3. The summed E-state index contributed by atoms with van der Waals surface area (Å²) in [5, 5.41) is 0. The Bertz CT molecular complexity index is 846. The maximum Gasteiger partial charge on any atom is 0.573 e. The number of hydrogen-bond acceptors (Lipinski definition) is 3. The van der Waals surface area contributed by atoms with Crippen LogP contribution in [0.5, 0.6) is 5.75 Å². The molecule has 160 valence electrons. The number of aryl methyl sites for hydroxylation is 1. The van der Waals surface area contributed by atoms with Crippen LogP contribution >= 0.6 is 0 Å². The molecule has 2 aromatic rings. The number of hydrogen-bond donors (Lipinski definition) is 0. The first kappa shape index (κ1) is 21.7. The molecule has 30 heavy (non-hydrogen) atoms. The molecule has 3 rings (SSSR count). The van der Waals surface area contributed by atoms with Gasteiger partial charge in [0.05, 0.1) is 0 Å².